The van der Waals surface area contributed by atoms with E-state index in [0.29, 0.717) is 0 Å². The van der Waals surface area contributed by atoms with Crippen molar-refractivity contribution in [3.8, 4) is 0 Å². The molecule has 0 bridgehead atoms. The zero-order chi connectivity index (χ0) is 12.6. The van der Waals surface area contributed by atoms with E-state index < -0.39 is 0 Å². The van der Waals surface area contributed by atoms with E-state index in [-0.39, 0.29) is 0 Å². The third-order valence-corrected chi connectivity index (χ3v) is 4.58. The molecule has 0 amide bonds. The number of likely N-dealkylation sites (tertiary alicyclic amines) is 2. The second kappa shape index (κ2) is 8.13. The maximum Gasteiger partial charge on any atom is 0.0235 e. The number of nitrogens with zero attached hydrogens (tertiary/aromatic N) is 2. The summed E-state index contributed by atoms with van der Waals surface area (Å²) in [4.78, 5) is 5.41. The smallest absolute Gasteiger partial charge is 0.0235 e. The van der Waals surface area contributed by atoms with Crippen LogP contribution in [0.15, 0.2) is 0 Å². The molecule has 1 unspecified atom stereocenters. The quantitative estimate of drug-likeness (QED) is 0.672. The highest BCUT2D eigenvalue weighted by atomic mass is 15.3. The van der Waals surface area contributed by atoms with Crippen LogP contribution >= 0.6 is 0 Å². The van der Waals surface area contributed by atoms with Crippen molar-refractivity contribution in [3.63, 3.8) is 0 Å². The average molecular weight is 253 g/mol. The van der Waals surface area contributed by atoms with Gasteiger partial charge >= 0.3 is 0 Å². The minimum Gasteiger partial charge on any atom is -0.330 e. The fraction of sp³-hybridized carbons (Fsp3) is 1.00. The minimum atomic E-state index is 0.865. The van der Waals surface area contributed by atoms with Crippen LogP contribution in [0.2, 0.25) is 0 Å². The van der Waals surface area contributed by atoms with Crippen molar-refractivity contribution in [3.05, 3.63) is 0 Å². The van der Waals surface area contributed by atoms with E-state index >= 15 is 0 Å². The first-order valence-corrected chi connectivity index (χ1v) is 8.06. The molecule has 106 valence electrons. The predicted octanol–water partition coefficient (Wildman–Crippen LogP) is 2.07. The van der Waals surface area contributed by atoms with Gasteiger partial charge in [-0.15, -0.1) is 0 Å². The van der Waals surface area contributed by atoms with Crippen LogP contribution in [-0.2, 0) is 0 Å². The van der Waals surface area contributed by atoms with Crippen molar-refractivity contribution in [1.82, 2.24) is 9.80 Å². The molecule has 2 aliphatic rings. The standard InChI is InChI=1S/C15H31N3/c16-9-4-2-1-3-5-10-17-13-8-15(14-17)18-11-6-7-12-18/h15H,1-14,16H2. The maximum absolute atomic E-state index is 5.50. The van der Waals surface area contributed by atoms with Crippen LogP contribution in [0.4, 0.5) is 0 Å². The Morgan fingerprint density at radius 1 is 0.889 bits per heavy atom. The second-order valence-corrected chi connectivity index (χ2v) is 6.04. The lowest BCUT2D eigenvalue weighted by molar-refractivity contribution is 0.231. The maximum atomic E-state index is 5.50. The number of hydrogen-bond donors (Lipinski definition) is 1. The fourth-order valence-electron chi connectivity index (χ4n) is 3.43. The summed E-state index contributed by atoms with van der Waals surface area (Å²) in [5, 5.41) is 0. The summed E-state index contributed by atoms with van der Waals surface area (Å²) in [7, 11) is 0. The Balaban J connectivity index is 1.50. The summed E-state index contributed by atoms with van der Waals surface area (Å²) < 4.78 is 0. The zero-order valence-corrected chi connectivity index (χ0v) is 11.9. The third kappa shape index (κ3) is 4.52. The molecule has 3 heteroatoms. The number of unbranched alkanes of at least 4 members (excludes halogenated alkanes) is 4. The summed E-state index contributed by atoms with van der Waals surface area (Å²) in [6, 6.07) is 0.879. The molecule has 2 saturated heterocycles. The Morgan fingerprint density at radius 2 is 1.61 bits per heavy atom. The third-order valence-electron chi connectivity index (χ3n) is 4.58. The Labute approximate surface area is 113 Å². The topological polar surface area (TPSA) is 32.5 Å². The van der Waals surface area contributed by atoms with Crippen LogP contribution < -0.4 is 5.73 Å². The molecular formula is C15H31N3. The molecule has 0 aromatic heterocycles. The van der Waals surface area contributed by atoms with Crippen LogP contribution in [-0.4, -0.2) is 55.1 Å². The first kappa shape index (κ1) is 14.3. The van der Waals surface area contributed by atoms with Gasteiger partial charge in [-0.1, -0.05) is 19.3 Å². The predicted molar refractivity (Wildman–Crippen MR) is 77.8 cm³/mol. The molecule has 2 rings (SSSR count). The summed E-state index contributed by atoms with van der Waals surface area (Å²) in [6.07, 6.45) is 11.0. The molecule has 0 saturated carbocycles. The van der Waals surface area contributed by atoms with Gasteiger partial charge in [0.1, 0.15) is 0 Å². The Bertz CT molecular complexity index is 214. The number of rotatable bonds is 8. The summed E-state index contributed by atoms with van der Waals surface area (Å²) >= 11 is 0. The van der Waals surface area contributed by atoms with Gasteiger partial charge in [-0.3, -0.25) is 4.90 Å². The fourth-order valence-corrected chi connectivity index (χ4v) is 3.43. The van der Waals surface area contributed by atoms with E-state index in [1.165, 1.54) is 84.1 Å². The molecule has 3 nitrogen and oxygen atoms in total. The molecule has 0 aromatic rings. The molecule has 2 heterocycles. The largest absolute Gasteiger partial charge is 0.330 e. The van der Waals surface area contributed by atoms with E-state index in [2.05, 4.69) is 9.80 Å². The van der Waals surface area contributed by atoms with Crippen LogP contribution in [0.1, 0.15) is 51.4 Å². The summed E-state index contributed by atoms with van der Waals surface area (Å²) in [6.45, 7) is 7.58. The minimum absolute atomic E-state index is 0.865. The van der Waals surface area contributed by atoms with E-state index in [1.807, 2.05) is 0 Å². The average Bonchev–Trinajstić information content (AvgIpc) is 3.03. The van der Waals surface area contributed by atoms with Crippen molar-refractivity contribution in [1.29, 1.82) is 0 Å². The normalized spacial score (nSPS) is 26.2. The summed E-state index contributed by atoms with van der Waals surface area (Å²) in [5.41, 5.74) is 5.50. The summed E-state index contributed by atoms with van der Waals surface area (Å²) in [5.74, 6) is 0. The van der Waals surface area contributed by atoms with Gasteiger partial charge in [0.15, 0.2) is 0 Å². The lowest BCUT2D eigenvalue weighted by atomic mass is 10.1. The highest BCUT2D eigenvalue weighted by Gasteiger charge is 2.28. The van der Waals surface area contributed by atoms with Crippen LogP contribution in [0.3, 0.4) is 0 Å². The molecule has 0 radical (unpaired) electrons. The monoisotopic (exact) mass is 253 g/mol. The molecular weight excluding hydrogens is 222 g/mol. The highest BCUT2D eigenvalue weighted by molar-refractivity contribution is 4.85. The van der Waals surface area contributed by atoms with Gasteiger partial charge in [0, 0.05) is 12.6 Å². The molecule has 0 aromatic carbocycles. The molecule has 1 atom stereocenters. The van der Waals surface area contributed by atoms with Crippen LogP contribution in [0.25, 0.3) is 0 Å². The molecule has 2 aliphatic heterocycles. The Kier molecular flexibility index (Phi) is 6.46. The van der Waals surface area contributed by atoms with Crippen molar-refractivity contribution >= 4 is 0 Å². The van der Waals surface area contributed by atoms with Gasteiger partial charge in [-0.25, -0.2) is 0 Å². The van der Waals surface area contributed by atoms with Gasteiger partial charge < -0.3 is 10.6 Å². The molecule has 0 spiro atoms. The SMILES string of the molecule is NCCCCCCCN1CCC(N2CCCC2)C1. The Hall–Kier alpha value is -0.120. The molecule has 18 heavy (non-hydrogen) atoms. The Morgan fingerprint density at radius 3 is 2.39 bits per heavy atom. The van der Waals surface area contributed by atoms with Crippen molar-refractivity contribution < 1.29 is 0 Å². The lowest BCUT2D eigenvalue weighted by Gasteiger charge is -2.23. The lowest BCUT2D eigenvalue weighted by Crippen LogP contribution is -2.35. The van der Waals surface area contributed by atoms with Gasteiger partial charge in [0.25, 0.3) is 0 Å². The van der Waals surface area contributed by atoms with E-state index in [4.69, 9.17) is 5.73 Å². The van der Waals surface area contributed by atoms with Crippen LogP contribution in [0.5, 0.6) is 0 Å². The molecule has 2 fully saturated rings. The zero-order valence-electron chi connectivity index (χ0n) is 11.9. The van der Waals surface area contributed by atoms with Gasteiger partial charge in [-0.2, -0.15) is 0 Å². The second-order valence-electron chi connectivity index (χ2n) is 6.04. The number of hydrogen-bond acceptors (Lipinski definition) is 3. The van der Waals surface area contributed by atoms with Gasteiger partial charge in [0.05, 0.1) is 0 Å². The van der Waals surface area contributed by atoms with E-state index in [1.54, 1.807) is 0 Å². The molecule has 0 aliphatic carbocycles. The van der Waals surface area contributed by atoms with Crippen LogP contribution in [0, 0.1) is 0 Å². The van der Waals surface area contributed by atoms with Gasteiger partial charge in [0.2, 0.25) is 0 Å². The van der Waals surface area contributed by atoms with Crippen molar-refractivity contribution in [2.45, 2.75) is 57.4 Å². The number of nitrogens with two attached hydrogens (primary N) is 1. The highest BCUT2D eigenvalue weighted by Crippen LogP contribution is 2.20. The molecule has 2 N–H and O–H groups in total. The van der Waals surface area contributed by atoms with Crippen molar-refractivity contribution in [2.24, 2.45) is 5.73 Å². The van der Waals surface area contributed by atoms with Gasteiger partial charge in [-0.05, 0) is 64.8 Å². The van der Waals surface area contributed by atoms with E-state index in [9.17, 15) is 0 Å². The first-order chi connectivity index (χ1) is 8.90. The van der Waals surface area contributed by atoms with Crippen molar-refractivity contribution in [2.75, 3.05) is 39.3 Å². The first-order valence-electron chi connectivity index (χ1n) is 8.06. The van der Waals surface area contributed by atoms with E-state index in [0.717, 1.165) is 12.6 Å².